The zero-order valence-electron chi connectivity index (χ0n) is 6.52. The molecule has 0 aromatic heterocycles. The largest absolute Gasteiger partial charge is 0.258 e. The predicted octanol–water partition coefficient (Wildman–Crippen LogP) is 0.386. The van der Waals surface area contributed by atoms with Gasteiger partial charge in [0.2, 0.25) is 0 Å². The lowest BCUT2D eigenvalue weighted by molar-refractivity contribution is -0.735. The third kappa shape index (κ3) is 1.01. The van der Waals surface area contributed by atoms with Crippen molar-refractivity contribution in [1.82, 2.24) is 0 Å². The second kappa shape index (κ2) is 1.85. The maximum atomic E-state index is 4.15. The van der Waals surface area contributed by atoms with Crippen molar-refractivity contribution < 1.29 is 4.48 Å². The highest BCUT2D eigenvalue weighted by Crippen LogP contribution is 2.14. The first-order chi connectivity index (χ1) is 5.17. The van der Waals surface area contributed by atoms with Crippen LogP contribution in [0.2, 0.25) is 0 Å². The molecule has 4 nitrogen and oxygen atoms in total. The summed E-state index contributed by atoms with van der Waals surface area (Å²) in [5.74, 6) is 0.724. The van der Waals surface area contributed by atoms with Crippen molar-refractivity contribution in [2.24, 2.45) is 15.0 Å². The molecule has 0 spiro atoms. The Labute approximate surface area is 64.9 Å². The summed E-state index contributed by atoms with van der Waals surface area (Å²) in [5, 5.41) is 0. The maximum absolute atomic E-state index is 4.15. The Hall–Kier alpha value is -1.29. The summed E-state index contributed by atoms with van der Waals surface area (Å²) in [6.45, 7) is 0. The van der Waals surface area contributed by atoms with Crippen LogP contribution < -0.4 is 0 Å². The van der Waals surface area contributed by atoms with E-state index in [1.54, 1.807) is 0 Å². The van der Waals surface area contributed by atoms with E-state index in [0.717, 1.165) is 11.5 Å². The van der Waals surface area contributed by atoms with Crippen LogP contribution in [0.25, 0.3) is 0 Å². The molecule has 0 radical (unpaired) electrons. The fraction of sp³-hybridized carbons (Fsp3) is 0.286. The fourth-order valence-electron chi connectivity index (χ4n) is 1.01. The molecular weight excluding hydrogens is 140 g/mol. The van der Waals surface area contributed by atoms with Gasteiger partial charge in [0.25, 0.3) is 0 Å². The molecule has 56 valence electrons. The minimum absolute atomic E-state index is 0.631. The second-order valence-electron chi connectivity index (χ2n) is 3.09. The van der Waals surface area contributed by atoms with Crippen LogP contribution in [0.15, 0.2) is 26.9 Å². The average molecular weight is 149 g/mol. The standard InChI is InChI=1S/C7H9N4/c1-11(2)3-6-7(10-5-11)9-4-8-6/h3-5H,1-2H3/q+1. The smallest absolute Gasteiger partial charge is 0.196 e. The molecule has 2 rings (SSSR count). The van der Waals surface area contributed by atoms with Crippen molar-refractivity contribution in [2.45, 2.75) is 0 Å². The normalized spacial score (nSPS) is 24.5. The van der Waals surface area contributed by atoms with E-state index in [1.807, 2.05) is 26.6 Å². The average Bonchev–Trinajstić information content (AvgIpc) is 2.31. The highest BCUT2D eigenvalue weighted by atomic mass is 15.3. The zero-order chi connectivity index (χ0) is 7.90. The molecule has 0 aromatic carbocycles. The topological polar surface area (TPSA) is 37.1 Å². The first-order valence-corrected chi connectivity index (χ1v) is 3.39. The number of quaternary nitrogens is 1. The lowest BCUT2D eigenvalue weighted by Crippen LogP contribution is -2.35. The lowest BCUT2D eigenvalue weighted by Gasteiger charge is -2.20. The number of aliphatic imine (C=N–C) groups is 3. The number of nitrogens with zero attached hydrogens (tertiary/aromatic N) is 4. The van der Waals surface area contributed by atoms with Gasteiger partial charge in [0.05, 0.1) is 14.1 Å². The van der Waals surface area contributed by atoms with E-state index in [1.165, 1.54) is 6.34 Å². The molecule has 0 unspecified atom stereocenters. The Morgan fingerprint density at radius 3 is 2.91 bits per heavy atom. The molecule has 0 saturated heterocycles. The van der Waals surface area contributed by atoms with Crippen molar-refractivity contribution in [3.05, 3.63) is 11.9 Å². The van der Waals surface area contributed by atoms with Crippen LogP contribution >= 0.6 is 0 Å². The Morgan fingerprint density at radius 1 is 1.27 bits per heavy atom. The van der Waals surface area contributed by atoms with Gasteiger partial charge in [0, 0.05) is 0 Å². The minimum atomic E-state index is 0.631. The van der Waals surface area contributed by atoms with Gasteiger partial charge in [0.15, 0.2) is 17.9 Å². The van der Waals surface area contributed by atoms with Gasteiger partial charge in [-0.1, -0.05) is 0 Å². The molecule has 2 heterocycles. The van der Waals surface area contributed by atoms with Gasteiger partial charge in [-0.15, -0.1) is 0 Å². The minimum Gasteiger partial charge on any atom is -0.258 e. The molecule has 0 amide bonds. The first kappa shape index (κ1) is 6.42. The molecule has 0 aromatic rings. The number of hydrogen-bond acceptors (Lipinski definition) is 3. The highest BCUT2D eigenvalue weighted by molar-refractivity contribution is 6.09. The van der Waals surface area contributed by atoms with Crippen molar-refractivity contribution >= 4 is 18.5 Å². The zero-order valence-corrected chi connectivity index (χ0v) is 6.52. The molecule has 4 heteroatoms. The summed E-state index contributed by atoms with van der Waals surface area (Å²) in [6.07, 6.45) is 5.37. The van der Waals surface area contributed by atoms with Gasteiger partial charge < -0.3 is 0 Å². The van der Waals surface area contributed by atoms with Crippen LogP contribution in [0, 0.1) is 0 Å². The quantitative estimate of drug-likeness (QED) is 0.447. The molecule has 0 fully saturated rings. The van der Waals surface area contributed by atoms with E-state index in [2.05, 4.69) is 15.0 Å². The van der Waals surface area contributed by atoms with E-state index in [0.29, 0.717) is 4.48 Å². The van der Waals surface area contributed by atoms with E-state index in [4.69, 9.17) is 0 Å². The van der Waals surface area contributed by atoms with E-state index >= 15 is 0 Å². The Balaban J connectivity index is 2.45. The molecule has 0 aliphatic carbocycles. The Bertz CT molecular complexity index is 306. The summed E-state index contributed by atoms with van der Waals surface area (Å²) in [4.78, 5) is 12.2. The first-order valence-electron chi connectivity index (χ1n) is 3.39. The Morgan fingerprint density at radius 2 is 2.09 bits per heavy atom. The van der Waals surface area contributed by atoms with E-state index in [9.17, 15) is 0 Å². The SMILES string of the molecule is C[N+]1(C)C=NC2=NC=NC2=C1. The van der Waals surface area contributed by atoms with Crippen LogP contribution in [-0.2, 0) is 0 Å². The van der Waals surface area contributed by atoms with Crippen LogP contribution in [-0.4, -0.2) is 37.1 Å². The third-order valence-corrected chi connectivity index (χ3v) is 1.54. The molecule has 2 aliphatic heterocycles. The van der Waals surface area contributed by atoms with E-state index < -0.39 is 0 Å². The molecule has 0 saturated carbocycles. The number of fused-ring (bicyclic) bond motifs is 1. The second-order valence-corrected chi connectivity index (χ2v) is 3.09. The van der Waals surface area contributed by atoms with Crippen LogP contribution in [0.1, 0.15) is 0 Å². The Kier molecular flexibility index (Phi) is 1.08. The van der Waals surface area contributed by atoms with Crippen LogP contribution in [0.4, 0.5) is 0 Å². The van der Waals surface area contributed by atoms with Gasteiger partial charge in [-0.3, -0.25) is 4.48 Å². The third-order valence-electron chi connectivity index (χ3n) is 1.54. The summed E-state index contributed by atoms with van der Waals surface area (Å²) < 4.78 is 0.631. The lowest BCUT2D eigenvalue weighted by atomic mass is 10.4. The van der Waals surface area contributed by atoms with Crippen LogP contribution in [0.5, 0.6) is 0 Å². The van der Waals surface area contributed by atoms with Gasteiger partial charge in [0.1, 0.15) is 12.5 Å². The predicted molar refractivity (Wildman–Crippen MR) is 44.6 cm³/mol. The summed E-state index contributed by atoms with van der Waals surface area (Å²) in [6, 6.07) is 0. The van der Waals surface area contributed by atoms with Crippen molar-refractivity contribution in [2.75, 3.05) is 14.1 Å². The summed E-state index contributed by atoms with van der Waals surface area (Å²) in [7, 11) is 4.06. The van der Waals surface area contributed by atoms with Crippen molar-refractivity contribution in [3.8, 4) is 0 Å². The van der Waals surface area contributed by atoms with Crippen molar-refractivity contribution in [3.63, 3.8) is 0 Å². The molecule has 11 heavy (non-hydrogen) atoms. The molecule has 0 atom stereocenters. The number of rotatable bonds is 0. The fourth-order valence-corrected chi connectivity index (χ4v) is 1.01. The molecular formula is C7H9N4+. The van der Waals surface area contributed by atoms with Crippen LogP contribution in [0.3, 0.4) is 0 Å². The van der Waals surface area contributed by atoms with E-state index in [-0.39, 0.29) is 0 Å². The van der Waals surface area contributed by atoms with Gasteiger partial charge >= 0.3 is 0 Å². The molecule has 0 N–H and O–H groups in total. The molecule has 0 bridgehead atoms. The van der Waals surface area contributed by atoms with Gasteiger partial charge in [-0.25, -0.2) is 9.98 Å². The summed E-state index contributed by atoms with van der Waals surface area (Å²) in [5.41, 5.74) is 0.873. The maximum Gasteiger partial charge on any atom is 0.196 e. The van der Waals surface area contributed by atoms with Gasteiger partial charge in [-0.05, 0) is 0 Å². The summed E-state index contributed by atoms with van der Waals surface area (Å²) >= 11 is 0. The van der Waals surface area contributed by atoms with Gasteiger partial charge in [-0.2, -0.15) is 4.99 Å². The number of hydrogen-bond donors (Lipinski definition) is 0. The number of amidine groups is 1. The molecule has 2 aliphatic rings. The highest BCUT2D eigenvalue weighted by Gasteiger charge is 2.22. The monoisotopic (exact) mass is 149 g/mol. The van der Waals surface area contributed by atoms with Crippen molar-refractivity contribution in [1.29, 1.82) is 0 Å².